The SMILES string of the molecule is C=CCNC(=O)N(C)c1ccccc1C(=O)O. The Morgan fingerprint density at radius 2 is 2.12 bits per heavy atom. The van der Waals surface area contributed by atoms with Crippen LogP contribution in [0.3, 0.4) is 0 Å². The summed E-state index contributed by atoms with van der Waals surface area (Å²) in [6.07, 6.45) is 1.55. The van der Waals surface area contributed by atoms with Crippen LogP contribution < -0.4 is 10.2 Å². The first kappa shape index (κ1) is 12.8. The number of carbonyl (C=O) groups excluding carboxylic acids is 1. The average Bonchev–Trinajstić information content (AvgIpc) is 2.34. The van der Waals surface area contributed by atoms with Crippen LogP contribution in [0.15, 0.2) is 36.9 Å². The summed E-state index contributed by atoms with van der Waals surface area (Å²) in [6, 6.07) is 5.95. The van der Waals surface area contributed by atoms with Crippen LogP contribution >= 0.6 is 0 Å². The van der Waals surface area contributed by atoms with Gasteiger partial charge in [-0.3, -0.25) is 4.90 Å². The number of carbonyl (C=O) groups is 2. The first-order chi connectivity index (χ1) is 8.07. The van der Waals surface area contributed by atoms with E-state index in [2.05, 4.69) is 11.9 Å². The Morgan fingerprint density at radius 1 is 1.47 bits per heavy atom. The minimum atomic E-state index is -1.07. The van der Waals surface area contributed by atoms with Crippen molar-refractivity contribution in [2.75, 3.05) is 18.5 Å². The molecule has 0 spiro atoms. The van der Waals surface area contributed by atoms with Crippen molar-refractivity contribution >= 4 is 17.7 Å². The average molecular weight is 234 g/mol. The van der Waals surface area contributed by atoms with Crippen molar-refractivity contribution < 1.29 is 14.7 Å². The second kappa shape index (κ2) is 5.69. The Balaban J connectivity index is 2.95. The van der Waals surface area contributed by atoms with E-state index < -0.39 is 5.97 Å². The highest BCUT2D eigenvalue weighted by Gasteiger charge is 2.16. The van der Waals surface area contributed by atoms with Gasteiger partial charge in [-0.2, -0.15) is 0 Å². The number of carboxylic acid groups (broad SMARTS) is 1. The standard InChI is InChI=1S/C12H14N2O3/c1-3-8-13-12(17)14(2)10-7-5-4-6-9(10)11(15)16/h3-7H,1,8H2,2H3,(H,13,17)(H,15,16). The number of aromatic carboxylic acids is 1. The summed E-state index contributed by atoms with van der Waals surface area (Å²) < 4.78 is 0. The van der Waals surface area contributed by atoms with Crippen LogP contribution in [0.5, 0.6) is 0 Å². The molecule has 2 N–H and O–H groups in total. The first-order valence-electron chi connectivity index (χ1n) is 5.02. The predicted molar refractivity (Wildman–Crippen MR) is 65.4 cm³/mol. The number of carboxylic acids is 1. The molecule has 0 saturated carbocycles. The van der Waals surface area contributed by atoms with Crippen molar-refractivity contribution in [2.24, 2.45) is 0 Å². The molecule has 90 valence electrons. The number of rotatable bonds is 4. The molecule has 1 aromatic rings. The molecule has 0 aromatic heterocycles. The molecule has 0 fully saturated rings. The van der Waals surface area contributed by atoms with E-state index >= 15 is 0 Å². The molecule has 0 aliphatic rings. The lowest BCUT2D eigenvalue weighted by Crippen LogP contribution is -2.38. The third-order valence-electron chi connectivity index (χ3n) is 2.20. The van der Waals surface area contributed by atoms with Crippen LogP contribution in [0.25, 0.3) is 0 Å². The van der Waals surface area contributed by atoms with E-state index in [-0.39, 0.29) is 11.6 Å². The highest BCUT2D eigenvalue weighted by atomic mass is 16.4. The molecule has 0 heterocycles. The number of para-hydroxylation sites is 1. The number of urea groups is 1. The second-order valence-electron chi connectivity index (χ2n) is 3.36. The Bertz CT molecular complexity index is 443. The molecule has 1 aromatic carbocycles. The lowest BCUT2D eigenvalue weighted by molar-refractivity contribution is 0.0697. The number of hydrogen-bond donors (Lipinski definition) is 2. The quantitative estimate of drug-likeness (QED) is 0.779. The lowest BCUT2D eigenvalue weighted by Gasteiger charge is -2.19. The topological polar surface area (TPSA) is 69.6 Å². The molecular weight excluding hydrogens is 220 g/mol. The van der Waals surface area contributed by atoms with Gasteiger partial charge in [0.2, 0.25) is 0 Å². The summed E-state index contributed by atoms with van der Waals surface area (Å²) in [5, 5.41) is 11.6. The molecule has 0 aliphatic carbocycles. The van der Waals surface area contributed by atoms with E-state index in [1.54, 1.807) is 24.3 Å². The number of amides is 2. The number of hydrogen-bond acceptors (Lipinski definition) is 2. The van der Waals surface area contributed by atoms with Gasteiger partial charge in [0.15, 0.2) is 0 Å². The Morgan fingerprint density at radius 3 is 2.71 bits per heavy atom. The second-order valence-corrected chi connectivity index (χ2v) is 3.36. The fourth-order valence-electron chi connectivity index (χ4n) is 1.33. The highest BCUT2D eigenvalue weighted by molar-refractivity contribution is 6.01. The number of nitrogens with zero attached hydrogens (tertiary/aromatic N) is 1. The lowest BCUT2D eigenvalue weighted by atomic mass is 10.1. The van der Waals surface area contributed by atoms with E-state index in [1.165, 1.54) is 18.0 Å². The molecule has 0 aliphatic heterocycles. The van der Waals surface area contributed by atoms with Crippen molar-refractivity contribution in [1.82, 2.24) is 5.32 Å². The molecule has 0 saturated heterocycles. The molecule has 0 bridgehead atoms. The Hall–Kier alpha value is -2.30. The molecule has 17 heavy (non-hydrogen) atoms. The molecule has 0 atom stereocenters. The van der Waals surface area contributed by atoms with Crippen LogP contribution in [0.1, 0.15) is 10.4 Å². The van der Waals surface area contributed by atoms with Crippen LogP contribution in [0.2, 0.25) is 0 Å². The monoisotopic (exact) mass is 234 g/mol. The van der Waals surface area contributed by atoms with Crippen LogP contribution in [0.4, 0.5) is 10.5 Å². The van der Waals surface area contributed by atoms with Gasteiger partial charge in [-0.05, 0) is 12.1 Å². The van der Waals surface area contributed by atoms with Crippen molar-refractivity contribution in [3.8, 4) is 0 Å². The zero-order valence-corrected chi connectivity index (χ0v) is 9.51. The Kier molecular flexibility index (Phi) is 4.28. The highest BCUT2D eigenvalue weighted by Crippen LogP contribution is 2.18. The van der Waals surface area contributed by atoms with Crippen molar-refractivity contribution in [3.05, 3.63) is 42.5 Å². The van der Waals surface area contributed by atoms with Gasteiger partial charge < -0.3 is 10.4 Å². The summed E-state index contributed by atoms with van der Waals surface area (Å²) in [5.74, 6) is -1.07. The van der Waals surface area contributed by atoms with Gasteiger partial charge in [0, 0.05) is 13.6 Å². The van der Waals surface area contributed by atoms with Gasteiger partial charge in [0.05, 0.1) is 11.3 Å². The molecular formula is C12H14N2O3. The summed E-state index contributed by atoms with van der Waals surface area (Å²) >= 11 is 0. The normalized spacial score (nSPS) is 9.47. The molecule has 5 heteroatoms. The molecule has 2 amide bonds. The summed E-state index contributed by atoms with van der Waals surface area (Å²) in [5.41, 5.74) is 0.435. The van der Waals surface area contributed by atoms with Crippen molar-refractivity contribution in [3.63, 3.8) is 0 Å². The smallest absolute Gasteiger partial charge is 0.337 e. The zero-order valence-electron chi connectivity index (χ0n) is 9.51. The van der Waals surface area contributed by atoms with E-state index in [0.717, 1.165) is 0 Å². The van der Waals surface area contributed by atoms with E-state index in [4.69, 9.17) is 5.11 Å². The largest absolute Gasteiger partial charge is 0.478 e. The van der Waals surface area contributed by atoms with Gasteiger partial charge >= 0.3 is 12.0 Å². The fourth-order valence-corrected chi connectivity index (χ4v) is 1.33. The van der Waals surface area contributed by atoms with E-state index in [9.17, 15) is 9.59 Å². The molecule has 1 rings (SSSR count). The fraction of sp³-hybridized carbons (Fsp3) is 0.167. The number of anilines is 1. The minimum Gasteiger partial charge on any atom is -0.478 e. The summed E-state index contributed by atoms with van der Waals surface area (Å²) in [7, 11) is 1.51. The summed E-state index contributed by atoms with van der Waals surface area (Å²) in [6.45, 7) is 3.81. The van der Waals surface area contributed by atoms with E-state index in [1.807, 2.05) is 0 Å². The maximum atomic E-state index is 11.7. The van der Waals surface area contributed by atoms with Gasteiger partial charge in [0.25, 0.3) is 0 Å². The van der Waals surface area contributed by atoms with Crippen molar-refractivity contribution in [2.45, 2.75) is 0 Å². The molecule has 0 unspecified atom stereocenters. The van der Waals surface area contributed by atoms with Crippen LogP contribution in [-0.2, 0) is 0 Å². The maximum absolute atomic E-state index is 11.7. The van der Waals surface area contributed by atoms with E-state index in [0.29, 0.717) is 12.2 Å². The van der Waals surface area contributed by atoms with Gasteiger partial charge in [-0.1, -0.05) is 18.2 Å². The van der Waals surface area contributed by atoms with Crippen LogP contribution in [0, 0.1) is 0 Å². The Labute approximate surface area is 99.4 Å². The van der Waals surface area contributed by atoms with Crippen LogP contribution in [-0.4, -0.2) is 30.7 Å². The molecule has 5 nitrogen and oxygen atoms in total. The van der Waals surface area contributed by atoms with Gasteiger partial charge in [0.1, 0.15) is 0 Å². The third kappa shape index (κ3) is 3.07. The van der Waals surface area contributed by atoms with Gasteiger partial charge in [-0.15, -0.1) is 6.58 Å². The van der Waals surface area contributed by atoms with Crippen molar-refractivity contribution in [1.29, 1.82) is 0 Å². The third-order valence-corrected chi connectivity index (χ3v) is 2.20. The number of nitrogens with one attached hydrogen (secondary N) is 1. The molecule has 0 radical (unpaired) electrons. The van der Waals surface area contributed by atoms with Gasteiger partial charge in [-0.25, -0.2) is 9.59 Å². The number of benzene rings is 1. The first-order valence-corrected chi connectivity index (χ1v) is 5.02. The minimum absolute atomic E-state index is 0.0868. The zero-order chi connectivity index (χ0) is 12.8. The predicted octanol–water partition coefficient (Wildman–Crippen LogP) is 1.72. The maximum Gasteiger partial charge on any atom is 0.337 e. The summed E-state index contributed by atoms with van der Waals surface area (Å²) in [4.78, 5) is 23.9.